The van der Waals surface area contributed by atoms with Crippen LogP contribution in [0.3, 0.4) is 0 Å². The number of aliphatic hydroxyl groups is 1. The lowest BCUT2D eigenvalue weighted by Crippen LogP contribution is -2.38. The minimum atomic E-state index is -0.704. The zero-order chi connectivity index (χ0) is 24.1. The first-order valence-corrected chi connectivity index (χ1v) is 12.2. The Morgan fingerprint density at radius 1 is 1.12 bits per heavy atom. The first-order chi connectivity index (χ1) is 15.8. The van der Waals surface area contributed by atoms with Gasteiger partial charge in [0, 0.05) is 23.1 Å². The van der Waals surface area contributed by atoms with Crippen LogP contribution in [0.5, 0.6) is 5.75 Å². The zero-order valence-corrected chi connectivity index (χ0v) is 21.3. The number of likely N-dealkylation sites (N-methyl/N-ethyl adjacent to an activating group) is 1. The number of halogens is 2. The molecule has 0 aromatic heterocycles. The number of amides is 1. The van der Waals surface area contributed by atoms with E-state index in [1.807, 2.05) is 31.2 Å². The van der Waals surface area contributed by atoms with Crippen LogP contribution in [0.4, 0.5) is 0 Å². The Balaban J connectivity index is 2.09. The predicted octanol–water partition coefficient (Wildman–Crippen LogP) is 5.26. The third-order valence-corrected chi connectivity index (χ3v) is 6.61. The number of benzene rings is 2. The molecule has 6 nitrogen and oxygen atoms in total. The molecule has 3 rings (SSSR count). The van der Waals surface area contributed by atoms with Crippen LogP contribution in [0.1, 0.15) is 37.9 Å². The van der Waals surface area contributed by atoms with Crippen molar-refractivity contribution in [1.29, 1.82) is 0 Å². The van der Waals surface area contributed by atoms with Gasteiger partial charge in [-0.3, -0.25) is 9.59 Å². The van der Waals surface area contributed by atoms with Gasteiger partial charge in [-0.15, -0.1) is 0 Å². The highest BCUT2D eigenvalue weighted by atomic mass is 79.9. The van der Waals surface area contributed by atoms with Gasteiger partial charge < -0.3 is 19.6 Å². The van der Waals surface area contributed by atoms with Crippen LogP contribution in [0.25, 0.3) is 5.76 Å². The van der Waals surface area contributed by atoms with Gasteiger partial charge in [0.15, 0.2) is 0 Å². The molecule has 1 atom stereocenters. The number of ketones is 1. The Morgan fingerprint density at radius 2 is 1.79 bits per heavy atom. The van der Waals surface area contributed by atoms with Gasteiger partial charge in [0.2, 0.25) is 0 Å². The van der Waals surface area contributed by atoms with Crippen molar-refractivity contribution in [2.24, 2.45) is 0 Å². The summed E-state index contributed by atoms with van der Waals surface area (Å²) in [5.41, 5.74) is 1.16. The van der Waals surface area contributed by atoms with Gasteiger partial charge in [-0.2, -0.15) is 0 Å². The minimum Gasteiger partial charge on any atom is -0.507 e. The molecule has 2 aromatic rings. The SMILES string of the molecule is CCOc1ccc(C(O)=C2C(=O)C(=O)N(CCN(CC)CC)C2c2ccc(Br)cc2)cc1Cl. The van der Waals surface area contributed by atoms with E-state index in [9.17, 15) is 14.7 Å². The number of carbonyl (C=O) groups is 2. The first-order valence-electron chi connectivity index (χ1n) is 11.0. The molecule has 1 aliphatic heterocycles. The Labute approximate surface area is 207 Å². The Hall–Kier alpha value is -2.35. The maximum absolute atomic E-state index is 13.1. The van der Waals surface area contributed by atoms with E-state index in [4.69, 9.17) is 16.3 Å². The van der Waals surface area contributed by atoms with Crippen LogP contribution in [-0.2, 0) is 9.59 Å². The maximum atomic E-state index is 13.1. The van der Waals surface area contributed by atoms with Crippen LogP contribution in [0, 0.1) is 0 Å². The van der Waals surface area contributed by atoms with Gasteiger partial charge in [0.1, 0.15) is 11.5 Å². The molecule has 0 aliphatic carbocycles. The Bertz CT molecular complexity index is 1050. The third-order valence-electron chi connectivity index (χ3n) is 5.78. The summed E-state index contributed by atoms with van der Waals surface area (Å²) in [7, 11) is 0. The second-order valence-corrected chi connectivity index (χ2v) is 8.97. The average Bonchev–Trinajstić information content (AvgIpc) is 3.06. The Morgan fingerprint density at radius 3 is 2.36 bits per heavy atom. The molecule has 1 unspecified atom stereocenters. The largest absolute Gasteiger partial charge is 0.507 e. The lowest BCUT2D eigenvalue weighted by atomic mass is 9.95. The zero-order valence-electron chi connectivity index (χ0n) is 19.0. The van der Waals surface area contributed by atoms with Crippen molar-refractivity contribution < 1.29 is 19.4 Å². The van der Waals surface area contributed by atoms with Crippen molar-refractivity contribution in [2.75, 3.05) is 32.8 Å². The summed E-state index contributed by atoms with van der Waals surface area (Å²) < 4.78 is 6.34. The number of hydrogen-bond donors (Lipinski definition) is 1. The van der Waals surface area contributed by atoms with E-state index in [1.54, 1.807) is 23.1 Å². The fourth-order valence-electron chi connectivity index (χ4n) is 3.97. The molecule has 8 heteroatoms. The highest BCUT2D eigenvalue weighted by Gasteiger charge is 2.46. The van der Waals surface area contributed by atoms with Gasteiger partial charge in [0.05, 0.1) is 23.2 Å². The highest BCUT2D eigenvalue weighted by molar-refractivity contribution is 9.10. The smallest absolute Gasteiger partial charge is 0.295 e. The van der Waals surface area contributed by atoms with Crippen molar-refractivity contribution in [3.8, 4) is 5.75 Å². The van der Waals surface area contributed by atoms with Crippen molar-refractivity contribution in [1.82, 2.24) is 9.80 Å². The number of aliphatic hydroxyl groups excluding tert-OH is 1. The fraction of sp³-hybridized carbons (Fsp3) is 0.360. The molecule has 1 fully saturated rings. The maximum Gasteiger partial charge on any atom is 0.295 e. The second kappa shape index (κ2) is 11.2. The molecular weight excluding hydrogens is 508 g/mol. The molecule has 0 radical (unpaired) electrons. The average molecular weight is 536 g/mol. The summed E-state index contributed by atoms with van der Waals surface area (Å²) in [6, 6.07) is 11.5. The first kappa shape index (κ1) is 25.3. The normalized spacial score (nSPS) is 17.8. The minimum absolute atomic E-state index is 0.0575. The summed E-state index contributed by atoms with van der Waals surface area (Å²) in [6.45, 7) is 9.09. The van der Waals surface area contributed by atoms with Crippen LogP contribution >= 0.6 is 27.5 Å². The standard InChI is InChI=1S/C25H28BrClN2O4/c1-4-28(5-2)13-14-29-22(16-7-10-18(26)11-8-16)21(24(31)25(29)32)23(30)17-9-12-20(33-6-3)19(27)15-17/h7-12,15,22,30H,4-6,13-14H2,1-3H3. The molecule has 33 heavy (non-hydrogen) atoms. The molecule has 1 aliphatic rings. The molecule has 1 N–H and O–H groups in total. The number of Topliss-reactive ketones (excluding diaryl/α,β-unsaturated/α-hetero) is 1. The number of hydrogen-bond acceptors (Lipinski definition) is 5. The van der Waals surface area contributed by atoms with Crippen molar-refractivity contribution in [3.63, 3.8) is 0 Å². The molecule has 2 aromatic carbocycles. The molecule has 1 saturated heterocycles. The van der Waals surface area contributed by atoms with E-state index in [2.05, 4.69) is 34.7 Å². The topological polar surface area (TPSA) is 70.1 Å². The number of ether oxygens (including phenoxy) is 1. The van der Waals surface area contributed by atoms with Gasteiger partial charge >= 0.3 is 0 Å². The lowest BCUT2D eigenvalue weighted by molar-refractivity contribution is -0.140. The van der Waals surface area contributed by atoms with E-state index < -0.39 is 17.7 Å². The summed E-state index contributed by atoms with van der Waals surface area (Å²) >= 11 is 9.74. The molecule has 1 heterocycles. The lowest BCUT2D eigenvalue weighted by Gasteiger charge is -2.28. The number of rotatable bonds is 9. The number of carbonyl (C=O) groups excluding carboxylic acids is 2. The van der Waals surface area contributed by atoms with Crippen LogP contribution < -0.4 is 4.74 Å². The molecule has 1 amide bonds. The molecular formula is C25H28BrClN2O4. The monoisotopic (exact) mass is 534 g/mol. The number of nitrogens with zero attached hydrogens (tertiary/aromatic N) is 2. The van der Waals surface area contributed by atoms with Crippen molar-refractivity contribution in [3.05, 3.63) is 68.7 Å². The second-order valence-electron chi connectivity index (χ2n) is 7.65. The predicted molar refractivity (Wildman–Crippen MR) is 134 cm³/mol. The van der Waals surface area contributed by atoms with Crippen molar-refractivity contribution in [2.45, 2.75) is 26.8 Å². The van der Waals surface area contributed by atoms with E-state index in [-0.39, 0.29) is 11.3 Å². The molecule has 0 spiro atoms. The highest BCUT2D eigenvalue weighted by Crippen LogP contribution is 2.40. The summed E-state index contributed by atoms with van der Waals surface area (Å²) in [5.74, 6) is -1.09. The van der Waals surface area contributed by atoms with Gasteiger partial charge in [-0.05, 0) is 55.9 Å². The number of likely N-dealkylation sites (tertiary alicyclic amines) is 1. The van der Waals surface area contributed by atoms with Crippen LogP contribution in [0.2, 0.25) is 5.02 Å². The van der Waals surface area contributed by atoms with Gasteiger partial charge in [-0.1, -0.05) is 53.5 Å². The van der Waals surface area contributed by atoms with E-state index in [0.717, 1.165) is 23.1 Å². The van der Waals surface area contributed by atoms with Crippen LogP contribution in [-0.4, -0.2) is 59.4 Å². The molecule has 0 saturated carbocycles. The van der Waals surface area contributed by atoms with Crippen LogP contribution in [0.15, 0.2) is 52.5 Å². The third kappa shape index (κ3) is 5.42. The van der Waals surface area contributed by atoms with Crippen molar-refractivity contribution >= 4 is 45.0 Å². The van der Waals surface area contributed by atoms with E-state index >= 15 is 0 Å². The van der Waals surface area contributed by atoms with E-state index in [1.165, 1.54) is 0 Å². The van der Waals surface area contributed by atoms with Gasteiger partial charge in [0.25, 0.3) is 11.7 Å². The molecule has 0 bridgehead atoms. The van der Waals surface area contributed by atoms with E-state index in [0.29, 0.717) is 36.0 Å². The summed E-state index contributed by atoms with van der Waals surface area (Å²) in [5, 5.41) is 11.5. The fourth-order valence-corrected chi connectivity index (χ4v) is 4.47. The summed E-state index contributed by atoms with van der Waals surface area (Å²) in [4.78, 5) is 29.9. The molecule has 176 valence electrons. The summed E-state index contributed by atoms with van der Waals surface area (Å²) in [6.07, 6.45) is 0. The quantitative estimate of drug-likeness (QED) is 0.269. The van der Waals surface area contributed by atoms with Gasteiger partial charge in [-0.25, -0.2) is 0 Å². The Kier molecular flexibility index (Phi) is 8.57.